The molecule has 0 fully saturated rings. The molecule has 0 saturated carbocycles. The van der Waals surface area contributed by atoms with Crippen molar-refractivity contribution in [2.75, 3.05) is 6.61 Å². The van der Waals surface area contributed by atoms with E-state index in [1.165, 1.54) is 12.1 Å². The topological polar surface area (TPSA) is 64.4 Å². The van der Waals surface area contributed by atoms with Crippen molar-refractivity contribution in [3.8, 4) is 11.4 Å². The third kappa shape index (κ3) is 5.14. The summed E-state index contributed by atoms with van der Waals surface area (Å²) >= 11 is 1.59. The molecule has 4 rings (SSSR count). The van der Waals surface area contributed by atoms with Gasteiger partial charge in [0.25, 0.3) is 0 Å². The van der Waals surface area contributed by atoms with E-state index in [4.69, 9.17) is 9.84 Å². The van der Waals surface area contributed by atoms with E-state index in [-0.39, 0.29) is 0 Å². The molecule has 1 aromatic heterocycles. The number of nitrogens with zero attached hydrogens (tertiary/aromatic N) is 2. The molecule has 33 heavy (non-hydrogen) atoms. The maximum Gasteiger partial charge on any atom is 0.416 e. The zero-order chi connectivity index (χ0) is 23.6. The van der Waals surface area contributed by atoms with Gasteiger partial charge in [0, 0.05) is 16.0 Å². The summed E-state index contributed by atoms with van der Waals surface area (Å²) in [6.07, 6.45) is -2.70. The summed E-state index contributed by atoms with van der Waals surface area (Å²) in [4.78, 5) is 11.7. The van der Waals surface area contributed by atoms with Gasteiger partial charge in [-0.2, -0.15) is 18.3 Å². The Balaban J connectivity index is 1.57. The first-order valence-corrected chi connectivity index (χ1v) is 10.9. The lowest BCUT2D eigenvalue weighted by Crippen LogP contribution is -2.09. The predicted octanol–water partition coefficient (Wildman–Crippen LogP) is 6.11. The van der Waals surface area contributed by atoms with Crippen LogP contribution in [0, 0.1) is 6.92 Å². The first-order valence-electron chi connectivity index (χ1n) is 9.93. The number of rotatable bonds is 7. The number of benzene rings is 3. The van der Waals surface area contributed by atoms with Crippen LogP contribution in [0.1, 0.15) is 16.7 Å². The molecular formula is C24H19F3N2O3S. The first-order chi connectivity index (χ1) is 15.7. The molecule has 0 radical (unpaired) electrons. The lowest BCUT2D eigenvalue weighted by molar-refractivity contribution is -0.139. The fourth-order valence-electron chi connectivity index (χ4n) is 3.43. The summed E-state index contributed by atoms with van der Waals surface area (Å²) in [7, 11) is 0. The molecule has 4 aromatic rings. The van der Waals surface area contributed by atoms with Crippen LogP contribution in [0.5, 0.6) is 5.75 Å². The number of thioether (sulfide) groups is 1. The van der Waals surface area contributed by atoms with Crippen LogP contribution in [0.4, 0.5) is 13.2 Å². The number of hydrogen-bond acceptors (Lipinski definition) is 4. The highest BCUT2D eigenvalue weighted by atomic mass is 32.2. The Kier molecular flexibility index (Phi) is 6.33. The Morgan fingerprint density at radius 3 is 2.55 bits per heavy atom. The number of carboxylic acids is 1. The average molecular weight is 472 g/mol. The van der Waals surface area contributed by atoms with E-state index >= 15 is 0 Å². The standard InChI is InChI=1S/C24H19F3N2O3S/c1-15-11-20(9-10-21(15)32-13-22(30)31)33-14-17-4-2-3-16-12-28-29(23(16)17)19-7-5-18(6-8-19)24(25,26)27/h2-12H,13-14H2,1H3,(H,30,31). The van der Waals surface area contributed by atoms with E-state index < -0.39 is 24.3 Å². The molecule has 0 spiro atoms. The largest absolute Gasteiger partial charge is 0.482 e. The van der Waals surface area contributed by atoms with Gasteiger partial charge in [-0.1, -0.05) is 18.2 Å². The lowest BCUT2D eigenvalue weighted by atomic mass is 10.1. The van der Waals surface area contributed by atoms with Gasteiger partial charge in [0.2, 0.25) is 0 Å². The van der Waals surface area contributed by atoms with Crippen LogP contribution in [0.3, 0.4) is 0 Å². The quantitative estimate of drug-likeness (QED) is 0.329. The Labute approximate surface area is 191 Å². The molecule has 0 aliphatic heterocycles. The Morgan fingerprint density at radius 2 is 1.88 bits per heavy atom. The van der Waals surface area contributed by atoms with Gasteiger partial charge >= 0.3 is 12.1 Å². The number of carboxylic acid groups (broad SMARTS) is 1. The molecule has 0 saturated heterocycles. The number of ether oxygens (including phenoxy) is 1. The molecule has 1 heterocycles. The summed E-state index contributed by atoms with van der Waals surface area (Å²) in [6, 6.07) is 16.3. The second-order valence-corrected chi connectivity index (χ2v) is 8.40. The fourth-order valence-corrected chi connectivity index (χ4v) is 4.41. The molecule has 0 bridgehead atoms. The number of aryl methyl sites for hydroxylation is 1. The summed E-state index contributed by atoms with van der Waals surface area (Å²) in [5.74, 6) is 0.0909. The highest BCUT2D eigenvalue weighted by Gasteiger charge is 2.30. The van der Waals surface area contributed by atoms with Crippen LogP contribution in [-0.2, 0) is 16.7 Å². The average Bonchev–Trinajstić information content (AvgIpc) is 3.21. The van der Waals surface area contributed by atoms with Crippen molar-refractivity contribution in [3.63, 3.8) is 0 Å². The molecule has 5 nitrogen and oxygen atoms in total. The van der Waals surface area contributed by atoms with Crippen LogP contribution < -0.4 is 4.74 Å². The van der Waals surface area contributed by atoms with Gasteiger partial charge in [0.15, 0.2) is 6.61 Å². The molecule has 170 valence electrons. The Morgan fingerprint density at radius 1 is 1.12 bits per heavy atom. The van der Waals surface area contributed by atoms with Gasteiger partial charge in [-0.25, -0.2) is 9.48 Å². The van der Waals surface area contributed by atoms with Crippen molar-refractivity contribution in [1.82, 2.24) is 9.78 Å². The van der Waals surface area contributed by atoms with Gasteiger partial charge in [0.05, 0.1) is 23.0 Å². The van der Waals surface area contributed by atoms with Crippen molar-refractivity contribution >= 4 is 28.6 Å². The SMILES string of the molecule is Cc1cc(SCc2cccc3cnn(-c4ccc(C(F)(F)F)cc4)c23)ccc1OCC(=O)O. The minimum atomic E-state index is -4.39. The summed E-state index contributed by atoms with van der Waals surface area (Å²) < 4.78 is 45.7. The summed E-state index contributed by atoms with van der Waals surface area (Å²) in [6.45, 7) is 1.45. The normalized spacial score (nSPS) is 11.6. The molecule has 9 heteroatoms. The molecule has 3 aromatic carbocycles. The van der Waals surface area contributed by atoms with Crippen LogP contribution >= 0.6 is 11.8 Å². The highest BCUT2D eigenvalue weighted by molar-refractivity contribution is 7.98. The number of aliphatic carboxylic acids is 1. The van der Waals surface area contributed by atoms with Crippen molar-refractivity contribution in [3.05, 3.63) is 83.6 Å². The number of aromatic nitrogens is 2. The number of carbonyl (C=O) groups is 1. The van der Waals surface area contributed by atoms with Gasteiger partial charge < -0.3 is 9.84 Å². The number of hydrogen-bond donors (Lipinski definition) is 1. The zero-order valence-corrected chi connectivity index (χ0v) is 18.3. The van der Waals surface area contributed by atoms with Crippen molar-refractivity contribution in [2.45, 2.75) is 23.7 Å². The van der Waals surface area contributed by atoms with Gasteiger partial charge in [-0.05, 0) is 60.5 Å². The minimum absolute atomic E-state index is 0.400. The fraction of sp³-hybridized carbons (Fsp3) is 0.167. The predicted molar refractivity (Wildman–Crippen MR) is 120 cm³/mol. The third-order valence-electron chi connectivity index (χ3n) is 5.01. The van der Waals surface area contributed by atoms with Crippen molar-refractivity contribution in [2.24, 2.45) is 0 Å². The molecule has 0 atom stereocenters. The smallest absolute Gasteiger partial charge is 0.416 e. The maximum absolute atomic E-state index is 12.9. The van der Waals surface area contributed by atoms with E-state index in [0.29, 0.717) is 17.2 Å². The third-order valence-corrected chi connectivity index (χ3v) is 6.05. The van der Waals surface area contributed by atoms with E-state index in [9.17, 15) is 18.0 Å². The summed E-state index contributed by atoms with van der Waals surface area (Å²) in [5.41, 5.74) is 2.49. The number of alkyl halides is 3. The van der Waals surface area contributed by atoms with Gasteiger partial charge in [-0.3, -0.25) is 0 Å². The molecular weight excluding hydrogens is 453 g/mol. The second-order valence-electron chi connectivity index (χ2n) is 7.35. The number of fused-ring (bicyclic) bond motifs is 1. The van der Waals surface area contributed by atoms with Crippen LogP contribution in [0.25, 0.3) is 16.6 Å². The second kappa shape index (κ2) is 9.19. The van der Waals surface area contributed by atoms with Crippen molar-refractivity contribution < 1.29 is 27.8 Å². The molecule has 0 aliphatic rings. The van der Waals surface area contributed by atoms with Gasteiger partial charge in [0.1, 0.15) is 5.75 Å². The van der Waals surface area contributed by atoms with Crippen LogP contribution in [0.15, 0.2) is 71.8 Å². The summed E-state index contributed by atoms with van der Waals surface area (Å²) in [5, 5.41) is 14.1. The lowest BCUT2D eigenvalue weighted by Gasteiger charge is -2.11. The minimum Gasteiger partial charge on any atom is -0.482 e. The molecule has 0 aliphatic carbocycles. The Bertz CT molecular complexity index is 1300. The van der Waals surface area contributed by atoms with E-state index in [0.717, 1.165) is 39.1 Å². The van der Waals surface area contributed by atoms with Crippen LogP contribution in [0.2, 0.25) is 0 Å². The molecule has 1 N–H and O–H groups in total. The molecule has 0 unspecified atom stereocenters. The van der Waals surface area contributed by atoms with E-state index in [2.05, 4.69) is 5.10 Å². The maximum atomic E-state index is 12.9. The van der Waals surface area contributed by atoms with Crippen molar-refractivity contribution in [1.29, 1.82) is 0 Å². The monoisotopic (exact) mass is 472 g/mol. The highest BCUT2D eigenvalue weighted by Crippen LogP contribution is 2.33. The Hall–Kier alpha value is -3.46. The number of halogens is 3. The number of para-hydroxylation sites is 1. The van der Waals surface area contributed by atoms with Gasteiger partial charge in [-0.15, -0.1) is 11.8 Å². The zero-order valence-electron chi connectivity index (χ0n) is 17.5. The molecule has 0 amide bonds. The first kappa shape index (κ1) is 22.7. The van der Waals surface area contributed by atoms with E-state index in [1.807, 2.05) is 37.3 Å². The van der Waals surface area contributed by atoms with Crippen LogP contribution in [-0.4, -0.2) is 27.5 Å². The van der Waals surface area contributed by atoms with E-state index in [1.54, 1.807) is 28.7 Å².